The van der Waals surface area contributed by atoms with Crippen molar-refractivity contribution in [2.75, 3.05) is 13.1 Å². The summed E-state index contributed by atoms with van der Waals surface area (Å²) in [6.45, 7) is 13.6. The maximum atomic E-state index is 12.1. The fraction of sp³-hybridized carbons (Fsp3) is 0.738. The zero-order valence-electron chi connectivity index (χ0n) is 29.2. The zero-order chi connectivity index (χ0) is 32.7. The Hall–Kier alpha value is -1.79. The standard InChI is InChI=1S/C42H60N2O3/c1-5-26-24-44-19-17-27(26)20-38(44)40(47)33-22-29(43-37-9-7-6-8-31(33)37)12-10-25(2)34-14-15-35-32-13-11-28-21-30(45)16-18-41(28,3)36(32)23-39(46)42(34,35)4/h5-9,22,25-28,30,32,34-36,38-40,45-47H,1,10-21,23-24H2,2-4H3/t25-,26+,27+,28-,30-,32+,34-,35+,36+,38-,39+,40+,41+,42-/m1/s1. The van der Waals surface area contributed by atoms with E-state index < -0.39 is 6.10 Å². The first-order chi connectivity index (χ1) is 22.6. The van der Waals surface area contributed by atoms with Crippen molar-refractivity contribution in [3.8, 4) is 0 Å². The van der Waals surface area contributed by atoms with Crippen molar-refractivity contribution in [2.45, 2.75) is 122 Å². The molecule has 1 aromatic carbocycles. The molecule has 4 aliphatic carbocycles. The summed E-state index contributed by atoms with van der Waals surface area (Å²) < 4.78 is 0. The van der Waals surface area contributed by atoms with Crippen LogP contribution in [0.15, 0.2) is 43.0 Å². The third-order valence-corrected chi connectivity index (χ3v) is 16.0. The Morgan fingerprint density at radius 3 is 2.64 bits per heavy atom. The number of aliphatic hydroxyl groups excluding tert-OH is 3. The van der Waals surface area contributed by atoms with Crippen LogP contribution in [-0.2, 0) is 6.42 Å². The van der Waals surface area contributed by atoms with Crippen LogP contribution < -0.4 is 0 Å². The Morgan fingerprint density at radius 2 is 1.85 bits per heavy atom. The number of fused-ring (bicyclic) bond motifs is 9. The van der Waals surface area contributed by atoms with Crippen LogP contribution in [0, 0.1) is 58.2 Å². The number of hydrogen-bond acceptors (Lipinski definition) is 5. The molecule has 3 aliphatic heterocycles. The van der Waals surface area contributed by atoms with Crippen molar-refractivity contribution in [3.05, 3.63) is 54.2 Å². The molecule has 7 fully saturated rings. The molecule has 1 aromatic heterocycles. The summed E-state index contributed by atoms with van der Waals surface area (Å²) in [7, 11) is 0. The molecule has 0 spiro atoms. The Balaban J connectivity index is 0.993. The van der Waals surface area contributed by atoms with Crippen LogP contribution in [-0.4, -0.2) is 56.5 Å². The van der Waals surface area contributed by atoms with Crippen LogP contribution in [0.4, 0.5) is 0 Å². The van der Waals surface area contributed by atoms with Crippen LogP contribution in [0.25, 0.3) is 10.9 Å². The first-order valence-electron chi connectivity index (χ1n) is 19.4. The molecule has 5 heteroatoms. The summed E-state index contributed by atoms with van der Waals surface area (Å²) in [5.41, 5.74) is 3.40. The second kappa shape index (κ2) is 12.2. The van der Waals surface area contributed by atoms with Gasteiger partial charge < -0.3 is 15.3 Å². The third kappa shape index (κ3) is 5.19. The third-order valence-electron chi connectivity index (χ3n) is 16.0. The van der Waals surface area contributed by atoms with Crippen LogP contribution in [0.3, 0.4) is 0 Å². The lowest BCUT2D eigenvalue weighted by Crippen LogP contribution is -2.58. The first kappa shape index (κ1) is 32.4. The zero-order valence-corrected chi connectivity index (χ0v) is 29.2. The largest absolute Gasteiger partial charge is 0.393 e. The van der Waals surface area contributed by atoms with Crippen LogP contribution >= 0.6 is 0 Å². The van der Waals surface area contributed by atoms with Crippen molar-refractivity contribution >= 4 is 10.9 Å². The molecule has 256 valence electrons. The van der Waals surface area contributed by atoms with Gasteiger partial charge in [-0.1, -0.05) is 45.0 Å². The molecule has 0 amide bonds. The lowest BCUT2D eigenvalue weighted by atomic mass is 9.43. The van der Waals surface area contributed by atoms with E-state index in [1.807, 2.05) is 0 Å². The predicted octanol–water partition coefficient (Wildman–Crippen LogP) is 7.72. The Morgan fingerprint density at radius 1 is 1.02 bits per heavy atom. The van der Waals surface area contributed by atoms with E-state index >= 15 is 0 Å². The van der Waals surface area contributed by atoms with Gasteiger partial charge in [-0.3, -0.25) is 9.88 Å². The van der Waals surface area contributed by atoms with Crippen molar-refractivity contribution in [2.24, 2.45) is 58.2 Å². The molecule has 2 bridgehead atoms. The number of benzene rings is 1. The highest BCUT2D eigenvalue weighted by Crippen LogP contribution is 2.68. The predicted molar refractivity (Wildman–Crippen MR) is 189 cm³/mol. The van der Waals surface area contributed by atoms with E-state index in [1.54, 1.807) is 0 Å². The van der Waals surface area contributed by atoms with E-state index in [-0.39, 0.29) is 29.1 Å². The van der Waals surface area contributed by atoms with Gasteiger partial charge in [-0.05, 0) is 159 Å². The summed E-state index contributed by atoms with van der Waals surface area (Å²) >= 11 is 0. The van der Waals surface area contributed by atoms with E-state index in [9.17, 15) is 15.3 Å². The quantitative estimate of drug-likeness (QED) is 0.270. The maximum Gasteiger partial charge on any atom is 0.0952 e. The number of nitrogens with zero attached hydrogens (tertiary/aromatic N) is 2. The van der Waals surface area contributed by atoms with Crippen molar-refractivity contribution in [1.82, 2.24) is 9.88 Å². The van der Waals surface area contributed by atoms with Crippen molar-refractivity contribution in [1.29, 1.82) is 0 Å². The van der Waals surface area contributed by atoms with Gasteiger partial charge in [-0.25, -0.2) is 0 Å². The number of piperidine rings is 3. The molecule has 3 saturated heterocycles. The van der Waals surface area contributed by atoms with Crippen molar-refractivity contribution < 1.29 is 15.3 Å². The molecule has 15 atom stereocenters. The van der Waals surface area contributed by atoms with Crippen LogP contribution in [0.1, 0.15) is 109 Å². The smallest absolute Gasteiger partial charge is 0.0952 e. The van der Waals surface area contributed by atoms with E-state index in [2.05, 4.69) is 68.7 Å². The Kier molecular flexibility index (Phi) is 8.42. The molecule has 7 aliphatic rings. The van der Waals surface area contributed by atoms with Gasteiger partial charge in [0.15, 0.2) is 0 Å². The Bertz CT molecular complexity index is 1480. The van der Waals surface area contributed by atoms with E-state index in [1.165, 1.54) is 32.1 Å². The van der Waals surface area contributed by atoms with Gasteiger partial charge in [0.25, 0.3) is 0 Å². The minimum atomic E-state index is -0.517. The summed E-state index contributed by atoms with van der Waals surface area (Å²) in [5.74, 6) is 4.74. The summed E-state index contributed by atoms with van der Waals surface area (Å²) in [5, 5.41) is 35.5. The molecule has 9 rings (SSSR count). The molecular formula is C42H60N2O3. The normalized spacial score (nSPS) is 45.5. The summed E-state index contributed by atoms with van der Waals surface area (Å²) in [6.07, 6.45) is 14.5. The SMILES string of the molecule is C=C[C@H]1CN2CC[C@H]1C[C@@H]2[C@@H](O)c1cc(CC[C@@H](C)[C@H]2CC[C@H]3[C@@H]4CC[C@@H]5C[C@H](O)CC[C@]5(C)[C@H]4C[C@H](O)[C@]23C)nc2ccccc12. The van der Waals surface area contributed by atoms with Gasteiger partial charge in [0.05, 0.1) is 23.8 Å². The van der Waals surface area contributed by atoms with Crippen molar-refractivity contribution in [3.63, 3.8) is 0 Å². The van der Waals surface area contributed by atoms with Crippen LogP contribution in [0.2, 0.25) is 0 Å². The molecular weight excluding hydrogens is 580 g/mol. The van der Waals surface area contributed by atoms with E-state index in [4.69, 9.17) is 4.98 Å². The number of hydrogen-bond donors (Lipinski definition) is 3. The molecule has 4 heterocycles. The van der Waals surface area contributed by atoms with Crippen LogP contribution in [0.5, 0.6) is 0 Å². The minimum absolute atomic E-state index is 0.0197. The monoisotopic (exact) mass is 640 g/mol. The van der Waals surface area contributed by atoms with Gasteiger partial charge in [0, 0.05) is 23.7 Å². The van der Waals surface area contributed by atoms with Gasteiger partial charge >= 0.3 is 0 Å². The topological polar surface area (TPSA) is 76.8 Å². The number of aliphatic hydroxyl groups is 3. The first-order valence-corrected chi connectivity index (χ1v) is 19.4. The molecule has 4 saturated carbocycles. The van der Waals surface area contributed by atoms with Gasteiger partial charge in [0.1, 0.15) is 0 Å². The molecule has 0 radical (unpaired) electrons. The number of aromatic nitrogens is 1. The van der Waals surface area contributed by atoms with Gasteiger partial charge in [-0.15, -0.1) is 6.58 Å². The average Bonchev–Trinajstić information content (AvgIpc) is 3.46. The van der Waals surface area contributed by atoms with Gasteiger partial charge in [-0.2, -0.15) is 0 Å². The number of rotatable bonds is 7. The highest BCUT2D eigenvalue weighted by Gasteiger charge is 2.63. The highest BCUT2D eigenvalue weighted by atomic mass is 16.3. The number of pyridine rings is 1. The lowest BCUT2D eigenvalue weighted by molar-refractivity contribution is -0.174. The maximum absolute atomic E-state index is 12.1. The average molecular weight is 641 g/mol. The molecule has 1 unspecified atom stereocenters. The van der Waals surface area contributed by atoms with E-state index in [0.29, 0.717) is 41.4 Å². The number of aryl methyl sites for hydroxylation is 1. The second-order valence-corrected chi connectivity index (χ2v) is 17.8. The summed E-state index contributed by atoms with van der Waals surface area (Å²) in [4.78, 5) is 7.66. The minimum Gasteiger partial charge on any atom is -0.393 e. The van der Waals surface area contributed by atoms with Gasteiger partial charge in [0.2, 0.25) is 0 Å². The molecule has 3 N–H and O–H groups in total. The summed E-state index contributed by atoms with van der Waals surface area (Å²) in [6, 6.07) is 10.8. The fourth-order valence-corrected chi connectivity index (χ4v) is 13.3. The second-order valence-electron chi connectivity index (χ2n) is 17.8. The Labute approximate surface area is 283 Å². The molecule has 5 nitrogen and oxygen atoms in total. The molecule has 47 heavy (non-hydrogen) atoms. The van der Waals surface area contributed by atoms with E-state index in [0.717, 1.165) is 86.1 Å². The number of para-hydroxylation sites is 1. The lowest BCUT2D eigenvalue weighted by Gasteiger charge is -2.62. The highest BCUT2D eigenvalue weighted by molar-refractivity contribution is 5.82. The fourth-order valence-electron chi connectivity index (χ4n) is 13.3. The molecule has 2 aromatic rings.